The summed E-state index contributed by atoms with van der Waals surface area (Å²) in [5, 5.41) is 9.60. The molecular formula is C15H15ClN4O2S. The molecule has 0 spiro atoms. The van der Waals surface area contributed by atoms with Gasteiger partial charge in [-0.25, -0.2) is 10.5 Å². The highest BCUT2D eigenvalue weighted by Gasteiger charge is 2.17. The predicted molar refractivity (Wildman–Crippen MR) is 90.2 cm³/mol. The lowest BCUT2D eigenvalue weighted by molar-refractivity contribution is -0.130. The number of amides is 1. The van der Waals surface area contributed by atoms with Gasteiger partial charge in [0.05, 0.1) is 21.4 Å². The van der Waals surface area contributed by atoms with Crippen molar-refractivity contribution >= 4 is 39.9 Å². The number of hydrogen-bond acceptors (Lipinski definition) is 5. The minimum atomic E-state index is -0.791. The molecule has 3 aromatic rings. The lowest BCUT2D eigenvalue weighted by Gasteiger charge is -2.10. The molecule has 1 unspecified atom stereocenters. The van der Waals surface area contributed by atoms with E-state index in [9.17, 15) is 4.79 Å². The number of nitrogens with one attached hydrogen (secondary N) is 1. The summed E-state index contributed by atoms with van der Waals surface area (Å²) in [7, 11) is 0. The number of para-hydroxylation sites is 2. The third-order valence-corrected chi connectivity index (χ3v) is 4.75. The highest BCUT2D eigenvalue weighted by molar-refractivity contribution is 7.18. The molecule has 23 heavy (non-hydrogen) atoms. The number of nitrogens with two attached hydrogens (primary N) is 1. The molecule has 0 radical (unpaired) electrons. The number of carbonyl (C=O) groups excluding carboxylic acids is 1. The summed E-state index contributed by atoms with van der Waals surface area (Å²) in [5.74, 6) is 0.192. The maximum atomic E-state index is 11.3. The molecule has 1 aromatic carbocycles. The smallest absolute Gasteiger partial charge is 0.260 e. The first kappa shape index (κ1) is 15.9. The fourth-order valence-electron chi connectivity index (χ4n) is 2.41. The van der Waals surface area contributed by atoms with Crippen molar-refractivity contribution in [1.82, 2.24) is 15.0 Å². The predicted octanol–water partition coefficient (Wildman–Crippen LogP) is 2.51. The summed E-state index contributed by atoms with van der Waals surface area (Å²) in [6.45, 7) is 0. The molecule has 1 atom stereocenters. The molecule has 0 aliphatic carbocycles. The molecule has 0 bridgehead atoms. The zero-order chi connectivity index (χ0) is 16.4. The average molecular weight is 351 g/mol. The van der Waals surface area contributed by atoms with Crippen molar-refractivity contribution in [3.8, 4) is 5.00 Å². The van der Waals surface area contributed by atoms with Gasteiger partial charge in [-0.15, -0.1) is 11.3 Å². The van der Waals surface area contributed by atoms with Crippen molar-refractivity contribution in [1.29, 1.82) is 0 Å². The molecule has 1 amide bonds. The number of hydrogen-bond donors (Lipinski definition) is 3. The lowest BCUT2D eigenvalue weighted by Crippen LogP contribution is -2.39. The van der Waals surface area contributed by atoms with E-state index < -0.39 is 11.9 Å². The first-order valence-electron chi connectivity index (χ1n) is 7.01. The Bertz CT molecular complexity index is 845. The molecule has 2 heterocycles. The van der Waals surface area contributed by atoms with E-state index >= 15 is 0 Å². The number of imidazole rings is 1. The Morgan fingerprint density at radius 1 is 1.39 bits per heavy atom. The molecule has 8 heteroatoms. The van der Waals surface area contributed by atoms with Gasteiger partial charge in [0.1, 0.15) is 10.8 Å². The molecule has 0 aliphatic heterocycles. The van der Waals surface area contributed by atoms with Gasteiger partial charge in [-0.3, -0.25) is 14.6 Å². The number of carbonyl (C=O) groups is 1. The summed E-state index contributed by atoms with van der Waals surface area (Å²) < 4.78 is 2.72. The van der Waals surface area contributed by atoms with Gasteiger partial charge in [0.25, 0.3) is 5.91 Å². The number of rotatable bonds is 5. The third-order valence-electron chi connectivity index (χ3n) is 3.54. The van der Waals surface area contributed by atoms with Crippen LogP contribution in [0.5, 0.6) is 0 Å². The van der Waals surface area contributed by atoms with Gasteiger partial charge in [0.15, 0.2) is 0 Å². The second-order valence-corrected chi connectivity index (χ2v) is 6.74. The summed E-state index contributed by atoms with van der Waals surface area (Å²) >= 11 is 7.51. The van der Waals surface area contributed by atoms with Crippen LogP contribution < -0.4 is 11.2 Å². The van der Waals surface area contributed by atoms with E-state index in [1.54, 1.807) is 5.48 Å². The minimum Gasteiger partial charge on any atom is -0.320 e. The number of halogens is 1. The van der Waals surface area contributed by atoms with Gasteiger partial charge in [-0.05, 0) is 30.7 Å². The van der Waals surface area contributed by atoms with E-state index in [-0.39, 0.29) is 0 Å². The second-order valence-electron chi connectivity index (χ2n) is 5.05. The van der Waals surface area contributed by atoms with Gasteiger partial charge in [-0.2, -0.15) is 0 Å². The molecule has 4 N–H and O–H groups in total. The van der Waals surface area contributed by atoms with Crippen LogP contribution in [0.3, 0.4) is 0 Å². The topological polar surface area (TPSA) is 93.2 Å². The quantitative estimate of drug-likeness (QED) is 0.487. The standard InChI is InChI=1S/C15H15ClN4O2S/c16-12-6-8-14(23-12)20-11-4-2-1-3-10(11)18-13(20)7-5-9(17)15(21)19-22/h1-4,6,8-9,22H,5,7,17H2,(H,19,21). The number of benzene rings is 1. The van der Waals surface area contributed by atoms with Crippen molar-refractivity contribution in [3.05, 3.63) is 46.6 Å². The monoisotopic (exact) mass is 350 g/mol. The van der Waals surface area contributed by atoms with Crippen molar-refractivity contribution < 1.29 is 10.0 Å². The molecule has 0 aliphatic rings. The SMILES string of the molecule is NC(CCc1nc2ccccc2n1-c1ccc(Cl)s1)C(=O)NO. The van der Waals surface area contributed by atoms with E-state index in [2.05, 4.69) is 4.98 Å². The van der Waals surface area contributed by atoms with Crippen LogP contribution in [0, 0.1) is 0 Å². The third kappa shape index (κ3) is 3.23. The van der Waals surface area contributed by atoms with Crippen molar-refractivity contribution in [3.63, 3.8) is 0 Å². The van der Waals surface area contributed by atoms with Gasteiger partial charge in [0.2, 0.25) is 0 Å². The van der Waals surface area contributed by atoms with Crippen LogP contribution in [0.4, 0.5) is 0 Å². The first-order valence-corrected chi connectivity index (χ1v) is 8.21. The average Bonchev–Trinajstić information content (AvgIpc) is 3.14. The number of thiophene rings is 1. The highest BCUT2D eigenvalue weighted by Crippen LogP contribution is 2.30. The summed E-state index contributed by atoms with van der Waals surface area (Å²) in [6, 6.07) is 10.8. The van der Waals surface area contributed by atoms with Crippen molar-refractivity contribution in [2.45, 2.75) is 18.9 Å². The Labute approximate surface area is 141 Å². The number of aryl methyl sites for hydroxylation is 1. The molecule has 0 saturated carbocycles. The van der Waals surface area contributed by atoms with Crippen LogP contribution in [-0.4, -0.2) is 26.7 Å². The maximum absolute atomic E-state index is 11.3. The van der Waals surface area contributed by atoms with Crippen LogP contribution in [0.25, 0.3) is 16.0 Å². The van der Waals surface area contributed by atoms with E-state index in [0.717, 1.165) is 21.9 Å². The van der Waals surface area contributed by atoms with E-state index in [1.165, 1.54) is 11.3 Å². The Kier molecular flexibility index (Phi) is 4.63. The Morgan fingerprint density at radius 2 is 2.17 bits per heavy atom. The minimum absolute atomic E-state index is 0.370. The zero-order valence-corrected chi connectivity index (χ0v) is 13.6. The molecule has 0 saturated heterocycles. The first-order chi connectivity index (χ1) is 11.1. The normalized spacial score (nSPS) is 12.5. The Balaban J connectivity index is 1.97. The van der Waals surface area contributed by atoms with E-state index in [4.69, 9.17) is 22.5 Å². The number of fused-ring (bicyclic) bond motifs is 1. The largest absolute Gasteiger partial charge is 0.320 e. The van der Waals surface area contributed by atoms with Crippen LogP contribution in [0.1, 0.15) is 12.2 Å². The van der Waals surface area contributed by atoms with Crippen molar-refractivity contribution in [2.24, 2.45) is 5.73 Å². The van der Waals surface area contributed by atoms with Gasteiger partial charge < -0.3 is 5.73 Å². The number of nitrogens with zero attached hydrogens (tertiary/aromatic N) is 2. The van der Waals surface area contributed by atoms with Crippen molar-refractivity contribution in [2.75, 3.05) is 0 Å². The Hall–Kier alpha value is -1.93. The summed E-state index contributed by atoms with van der Waals surface area (Å²) in [4.78, 5) is 16.0. The van der Waals surface area contributed by atoms with E-state index in [0.29, 0.717) is 17.2 Å². The molecule has 2 aromatic heterocycles. The molecule has 0 fully saturated rings. The van der Waals surface area contributed by atoms with Gasteiger partial charge in [0, 0.05) is 6.42 Å². The highest BCUT2D eigenvalue weighted by atomic mass is 35.5. The molecule has 120 valence electrons. The summed E-state index contributed by atoms with van der Waals surface area (Å²) in [6.07, 6.45) is 0.869. The molecule has 6 nitrogen and oxygen atoms in total. The fraction of sp³-hybridized carbons (Fsp3) is 0.200. The van der Waals surface area contributed by atoms with Crippen LogP contribution in [-0.2, 0) is 11.2 Å². The van der Waals surface area contributed by atoms with Gasteiger partial charge >= 0.3 is 0 Å². The number of aromatic nitrogens is 2. The lowest BCUT2D eigenvalue weighted by atomic mass is 10.1. The Morgan fingerprint density at radius 3 is 2.87 bits per heavy atom. The van der Waals surface area contributed by atoms with Gasteiger partial charge in [-0.1, -0.05) is 23.7 Å². The zero-order valence-electron chi connectivity index (χ0n) is 12.1. The van der Waals surface area contributed by atoms with Crippen LogP contribution >= 0.6 is 22.9 Å². The van der Waals surface area contributed by atoms with Crippen LogP contribution in [0.2, 0.25) is 4.34 Å². The second kappa shape index (κ2) is 6.67. The number of hydroxylamine groups is 1. The maximum Gasteiger partial charge on any atom is 0.260 e. The fourth-order valence-corrected chi connectivity index (χ4v) is 3.48. The molecular weight excluding hydrogens is 336 g/mol. The van der Waals surface area contributed by atoms with E-state index in [1.807, 2.05) is 41.0 Å². The summed E-state index contributed by atoms with van der Waals surface area (Å²) in [5.41, 5.74) is 9.15. The van der Waals surface area contributed by atoms with Crippen LogP contribution in [0.15, 0.2) is 36.4 Å². The molecule has 3 rings (SSSR count).